The van der Waals surface area contributed by atoms with Gasteiger partial charge in [-0.3, -0.25) is 29.2 Å². The summed E-state index contributed by atoms with van der Waals surface area (Å²) in [5.41, 5.74) is 9.15. The van der Waals surface area contributed by atoms with Gasteiger partial charge in [-0.25, -0.2) is 4.39 Å². The average molecular weight is 825 g/mol. The van der Waals surface area contributed by atoms with Crippen LogP contribution in [-0.4, -0.2) is 86.3 Å². The third-order valence-corrected chi connectivity index (χ3v) is 12.0. The normalized spacial score (nSPS) is 17.9. The Morgan fingerprint density at radius 1 is 1.07 bits per heavy atom. The maximum atomic E-state index is 14.2. The Balaban J connectivity index is 0.857. The summed E-state index contributed by atoms with van der Waals surface area (Å²) in [7, 11) is 0. The molecule has 3 aliphatic heterocycles. The van der Waals surface area contributed by atoms with Gasteiger partial charge in [0.05, 0.1) is 36.9 Å². The van der Waals surface area contributed by atoms with Gasteiger partial charge in [0.15, 0.2) is 0 Å². The quantitative estimate of drug-likeness (QED) is 0.0684. The second-order valence-corrected chi connectivity index (χ2v) is 15.7. The number of ether oxygens (including phenoxy) is 2. The number of anilines is 1. The molecule has 56 heavy (non-hydrogen) atoms. The average Bonchev–Trinajstić information content (AvgIpc) is 3.80. The maximum absolute atomic E-state index is 14.2. The van der Waals surface area contributed by atoms with Gasteiger partial charge in [-0.2, -0.15) is 10.1 Å². The molecule has 0 spiro atoms. The molecule has 5 heterocycles. The molecular formula is C39H40Cl2FN7O6S. The van der Waals surface area contributed by atoms with E-state index in [-0.39, 0.29) is 58.3 Å². The lowest BCUT2D eigenvalue weighted by atomic mass is 10.0. The van der Waals surface area contributed by atoms with Crippen molar-refractivity contribution in [3.63, 3.8) is 0 Å². The van der Waals surface area contributed by atoms with Gasteiger partial charge in [0, 0.05) is 70.2 Å². The number of nitrogens with two attached hydrogens (primary N) is 1. The van der Waals surface area contributed by atoms with Crippen LogP contribution in [0.25, 0.3) is 11.1 Å². The molecule has 0 radical (unpaired) electrons. The number of nitrogens with zero attached hydrogens (tertiary/aromatic N) is 5. The third kappa shape index (κ3) is 8.50. The van der Waals surface area contributed by atoms with Crippen molar-refractivity contribution >= 4 is 64.4 Å². The number of halogens is 3. The predicted octanol–water partition coefficient (Wildman–Crippen LogP) is 6.24. The number of benzene rings is 2. The zero-order valence-electron chi connectivity index (χ0n) is 30.5. The fourth-order valence-electron chi connectivity index (χ4n) is 7.29. The van der Waals surface area contributed by atoms with Crippen LogP contribution in [0.15, 0.2) is 59.8 Å². The number of thioether (sulfide) groups is 1. The third-order valence-electron chi connectivity index (χ3n) is 10.2. The number of pyridine rings is 1. The molecular weight excluding hydrogens is 784 g/mol. The van der Waals surface area contributed by atoms with Gasteiger partial charge < -0.3 is 25.0 Å². The minimum Gasteiger partial charge on any atom is -0.469 e. The first-order valence-electron chi connectivity index (χ1n) is 18.3. The smallest absolute Gasteiger partial charge is 0.255 e. The van der Waals surface area contributed by atoms with Crippen molar-refractivity contribution in [3.05, 3.63) is 87.4 Å². The summed E-state index contributed by atoms with van der Waals surface area (Å²) in [4.78, 5) is 58.9. The van der Waals surface area contributed by atoms with Crippen molar-refractivity contribution in [2.45, 2.75) is 68.7 Å². The molecule has 17 heteroatoms. The van der Waals surface area contributed by atoms with Crippen LogP contribution in [0.5, 0.6) is 5.88 Å². The lowest BCUT2D eigenvalue weighted by Gasteiger charge is -2.32. The van der Waals surface area contributed by atoms with Gasteiger partial charge in [-0.05, 0) is 68.1 Å². The van der Waals surface area contributed by atoms with Crippen LogP contribution in [0, 0.1) is 5.82 Å². The number of hydrogen-bond acceptors (Lipinski definition) is 10. The van der Waals surface area contributed by atoms with Gasteiger partial charge in [-0.15, -0.1) is 11.8 Å². The number of nitrogen functional groups attached to an aromatic ring is 1. The highest BCUT2D eigenvalue weighted by Crippen LogP contribution is 2.38. The molecule has 4 amide bonds. The fourth-order valence-corrected chi connectivity index (χ4v) is 8.91. The number of piperidine rings is 2. The van der Waals surface area contributed by atoms with Crippen molar-refractivity contribution in [1.82, 2.24) is 29.9 Å². The molecule has 0 aliphatic carbocycles. The summed E-state index contributed by atoms with van der Waals surface area (Å²) in [6.07, 6.45) is 5.16. The summed E-state index contributed by atoms with van der Waals surface area (Å²) >= 11 is 14.1. The molecule has 3 N–H and O–H groups in total. The number of amides is 4. The second kappa shape index (κ2) is 17.2. The van der Waals surface area contributed by atoms with Crippen molar-refractivity contribution in [1.29, 1.82) is 0 Å². The number of nitrogens with one attached hydrogen (secondary N) is 1. The summed E-state index contributed by atoms with van der Waals surface area (Å²) in [6.45, 7) is 3.93. The Kier molecular flexibility index (Phi) is 12.1. The van der Waals surface area contributed by atoms with E-state index in [1.165, 1.54) is 12.1 Å². The number of aromatic nitrogens is 3. The number of imide groups is 1. The van der Waals surface area contributed by atoms with Crippen molar-refractivity contribution in [3.8, 4) is 17.0 Å². The van der Waals surface area contributed by atoms with E-state index in [4.69, 9.17) is 38.4 Å². The molecule has 3 aliphatic rings. The van der Waals surface area contributed by atoms with Gasteiger partial charge in [0.1, 0.15) is 23.8 Å². The van der Waals surface area contributed by atoms with E-state index in [2.05, 4.69) is 15.4 Å². The first-order chi connectivity index (χ1) is 27.0. The maximum Gasteiger partial charge on any atom is 0.255 e. The molecule has 13 nitrogen and oxygen atoms in total. The lowest BCUT2D eigenvalue weighted by Crippen LogP contribution is -2.52. The highest BCUT2D eigenvalue weighted by molar-refractivity contribution is 7.99. The number of likely N-dealkylation sites (tertiary alicyclic amines) is 1. The van der Waals surface area contributed by atoms with Crippen molar-refractivity contribution < 1.29 is 33.0 Å². The standard InChI is InChI=1S/C39H40Cl2FN7O6S/c1-22(35-28(40)6-7-29(42)36(35)41)55-38-25(5-9-32(43)45-38)23-19-44-49(20-23)24-11-14-47(15-12-24)34(51)13-16-54-17-18-56-31-4-2-3-26-27(31)21-48(39(26)53)30-8-10-33(50)46-37(30)52/h2-7,9,19-20,22,24,30H,8,10-18,21H2,1H3,(H2,43,45)(H,46,50,52)/t22-,30?/m1/s1. The van der Waals surface area contributed by atoms with Crippen molar-refractivity contribution in [2.24, 2.45) is 0 Å². The molecule has 2 saturated heterocycles. The van der Waals surface area contributed by atoms with E-state index < -0.39 is 23.9 Å². The van der Waals surface area contributed by atoms with Crippen molar-refractivity contribution in [2.75, 3.05) is 37.8 Å². The zero-order valence-corrected chi connectivity index (χ0v) is 32.8. The first kappa shape index (κ1) is 39.5. The van der Waals surface area contributed by atoms with Gasteiger partial charge in [0.2, 0.25) is 23.6 Å². The molecule has 7 rings (SSSR count). The topological polar surface area (TPSA) is 162 Å². The Hall–Kier alpha value is -4.70. The van der Waals surface area contributed by atoms with Crippen LogP contribution in [0.3, 0.4) is 0 Å². The first-order valence-corrected chi connectivity index (χ1v) is 20.1. The van der Waals surface area contributed by atoms with E-state index in [0.717, 1.165) is 28.9 Å². The Labute approximate surface area is 337 Å². The minimum absolute atomic E-state index is 0.0348. The second-order valence-electron chi connectivity index (χ2n) is 13.8. The van der Waals surface area contributed by atoms with Gasteiger partial charge >= 0.3 is 0 Å². The van der Waals surface area contributed by atoms with E-state index >= 15 is 0 Å². The van der Waals surface area contributed by atoms with Crippen LogP contribution in [0.1, 0.15) is 72.7 Å². The molecule has 2 aromatic carbocycles. The number of fused-ring (bicyclic) bond motifs is 1. The Morgan fingerprint density at radius 3 is 2.66 bits per heavy atom. The van der Waals surface area contributed by atoms with Crippen LogP contribution < -0.4 is 15.8 Å². The summed E-state index contributed by atoms with van der Waals surface area (Å²) < 4.78 is 28.1. The lowest BCUT2D eigenvalue weighted by molar-refractivity contribution is -0.137. The molecule has 2 fully saturated rings. The predicted molar refractivity (Wildman–Crippen MR) is 209 cm³/mol. The van der Waals surface area contributed by atoms with Crippen LogP contribution >= 0.6 is 35.0 Å². The molecule has 2 aromatic heterocycles. The van der Waals surface area contributed by atoms with Gasteiger partial charge in [0.25, 0.3) is 5.91 Å². The molecule has 4 aromatic rings. The van der Waals surface area contributed by atoms with E-state index in [1.54, 1.807) is 48.0 Å². The molecule has 0 saturated carbocycles. The Morgan fingerprint density at radius 2 is 1.88 bits per heavy atom. The zero-order chi connectivity index (χ0) is 39.5. The van der Waals surface area contributed by atoms with Crippen LogP contribution in [-0.2, 0) is 25.7 Å². The Bertz CT molecular complexity index is 2160. The van der Waals surface area contributed by atoms with Gasteiger partial charge in [-0.1, -0.05) is 29.3 Å². The SMILES string of the molecule is C[C@@H](Oc1nc(N)ccc1-c1cnn(C2CCN(C(=O)CCOCCSc3cccc4c3CN(C3CCC(=O)NC3=O)C4=O)CC2)c1)c1c(Cl)ccc(F)c1Cl. The minimum atomic E-state index is -0.732. The number of hydrogen-bond donors (Lipinski definition) is 2. The summed E-state index contributed by atoms with van der Waals surface area (Å²) in [6, 6.07) is 11.1. The summed E-state index contributed by atoms with van der Waals surface area (Å²) in [5, 5.41) is 7.10. The van der Waals surface area contributed by atoms with E-state index in [0.29, 0.717) is 61.7 Å². The van der Waals surface area contributed by atoms with Crippen LogP contribution in [0.2, 0.25) is 10.0 Å². The monoisotopic (exact) mass is 823 g/mol. The number of rotatable bonds is 13. The van der Waals surface area contributed by atoms with E-state index in [1.807, 2.05) is 27.9 Å². The summed E-state index contributed by atoms with van der Waals surface area (Å²) in [5.74, 6) is -0.413. The number of carbonyl (C=O) groups excluding carboxylic acids is 4. The molecule has 0 bridgehead atoms. The van der Waals surface area contributed by atoms with Crippen LogP contribution in [0.4, 0.5) is 10.2 Å². The van der Waals surface area contributed by atoms with E-state index in [9.17, 15) is 23.6 Å². The molecule has 294 valence electrons. The highest BCUT2D eigenvalue weighted by atomic mass is 35.5. The largest absolute Gasteiger partial charge is 0.469 e. The number of carbonyl (C=O) groups is 4. The fraction of sp³-hybridized carbons (Fsp3) is 0.385. The molecule has 1 unspecified atom stereocenters. The highest BCUT2D eigenvalue weighted by Gasteiger charge is 2.40. The molecule has 2 atom stereocenters.